The predicted molar refractivity (Wildman–Crippen MR) is 103 cm³/mol. The minimum absolute atomic E-state index is 0.0192. The average molecular weight is 346 g/mol. The number of carbonyl (C=O) groups excluding carboxylic acids is 1. The third kappa shape index (κ3) is 4.19. The Balaban J connectivity index is 1.77. The molecule has 1 aliphatic rings. The molecule has 0 heterocycles. The third-order valence-corrected chi connectivity index (χ3v) is 4.48. The van der Waals surface area contributed by atoms with Gasteiger partial charge in [0.25, 0.3) is 0 Å². The fourth-order valence-electron chi connectivity index (χ4n) is 3.04. The van der Waals surface area contributed by atoms with Crippen LogP contribution in [0.1, 0.15) is 18.1 Å². The smallest absolute Gasteiger partial charge is 0.169 e. The van der Waals surface area contributed by atoms with Gasteiger partial charge in [0, 0.05) is 0 Å². The number of hydrogen-bond donors (Lipinski definition) is 1. The van der Waals surface area contributed by atoms with Crippen molar-refractivity contribution in [2.45, 2.75) is 19.1 Å². The molecule has 0 saturated heterocycles. The Bertz CT molecular complexity index is 834. The van der Waals surface area contributed by atoms with Crippen LogP contribution in [0, 0.1) is 5.92 Å². The van der Waals surface area contributed by atoms with E-state index in [0.29, 0.717) is 6.61 Å². The molecule has 0 saturated carbocycles. The summed E-state index contributed by atoms with van der Waals surface area (Å²) in [6.07, 6.45) is 8.37. The third-order valence-electron chi connectivity index (χ3n) is 4.48. The molecule has 3 nitrogen and oxygen atoms in total. The van der Waals surface area contributed by atoms with Gasteiger partial charge in [0.05, 0.1) is 6.61 Å². The summed E-state index contributed by atoms with van der Waals surface area (Å²) in [5.74, 6) is -0.940. The maximum absolute atomic E-state index is 12.8. The highest BCUT2D eigenvalue weighted by atomic mass is 16.5. The van der Waals surface area contributed by atoms with Gasteiger partial charge in [-0.25, -0.2) is 0 Å². The summed E-state index contributed by atoms with van der Waals surface area (Å²) in [4.78, 5) is 12.8. The topological polar surface area (TPSA) is 46.5 Å². The van der Waals surface area contributed by atoms with Crippen molar-refractivity contribution >= 4 is 11.9 Å². The summed E-state index contributed by atoms with van der Waals surface area (Å²) in [5, 5.41) is 10.3. The van der Waals surface area contributed by atoms with Crippen molar-refractivity contribution in [3.63, 3.8) is 0 Å². The Morgan fingerprint density at radius 2 is 1.77 bits per heavy atom. The van der Waals surface area contributed by atoms with E-state index in [1.165, 1.54) is 6.08 Å². The summed E-state index contributed by atoms with van der Waals surface area (Å²) in [5.41, 5.74) is 1.04. The zero-order valence-corrected chi connectivity index (χ0v) is 14.7. The van der Waals surface area contributed by atoms with Crippen LogP contribution in [-0.4, -0.2) is 16.5 Å². The molecule has 132 valence electrons. The second kappa shape index (κ2) is 7.98. The molecule has 0 radical (unpaired) electrons. The van der Waals surface area contributed by atoms with Gasteiger partial charge in [-0.2, -0.15) is 0 Å². The fourth-order valence-corrected chi connectivity index (χ4v) is 3.04. The molecule has 2 atom stereocenters. The van der Waals surface area contributed by atoms with Crippen LogP contribution in [0.4, 0.5) is 0 Å². The van der Waals surface area contributed by atoms with Gasteiger partial charge in [0.1, 0.15) is 17.3 Å². The Kier molecular flexibility index (Phi) is 5.49. The molecule has 26 heavy (non-hydrogen) atoms. The van der Waals surface area contributed by atoms with Crippen LogP contribution in [0.5, 0.6) is 0 Å². The highest BCUT2D eigenvalue weighted by Gasteiger charge is 2.41. The number of carbonyl (C=O) groups is 1. The molecular formula is C23H22O3. The monoisotopic (exact) mass is 346 g/mol. The van der Waals surface area contributed by atoms with Gasteiger partial charge in [-0.15, -0.1) is 0 Å². The average Bonchev–Trinajstić information content (AvgIpc) is 2.66. The first kappa shape index (κ1) is 17.9. The quantitative estimate of drug-likeness (QED) is 0.759. The van der Waals surface area contributed by atoms with Crippen molar-refractivity contribution in [2.24, 2.45) is 5.92 Å². The van der Waals surface area contributed by atoms with Gasteiger partial charge < -0.3 is 9.84 Å². The van der Waals surface area contributed by atoms with Crippen molar-refractivity contribution in [3.8, 4) is 0 Å². The molecule has 1 N–H and O–H groups in total. The molecule has 3 heteroatoms. The van der Waals surface area contributed by atoms with E-state index >= 15 is 0 Å². The number of hydrogen-bond acceptors (Lipinski definition) is 3. The second-order valence-electron chi connectivity index (χ2n) is 6.49. The van der Waals surface area contributed by atoms with Crippen molar-refractivity contribution < 1.29 is 14.6 Å². The number of allylic oxidation sites excluding steroid dienone is 3. The van der Waals surface area contributed by atoms with E-state index in [-0.39, 0.29) is 11.5 Å². The molecule has 0 aromatic heterocycles. The molecule has 2 aromatic rings. The fraction of sp³-hybridized carbons (Fsp3) is 0.174. The first-order chi connectivity index (χ1) is 12.6. The Morgan fingerprint density at radius 1 is 1.12 bits per heavy atom. The van der Waals surface area contributed by atoms with Crippen LogP contribution in [0.25, 0.3) is 6.08 Å². The minimum atomic E-state index is -0.910. The van der Waals surface area contributed by atoms with Crippen molar-refractivity contribution in [1.82, 2.24) is 0 Å². The number of rotatable bonds is 6. The SMILES string of the molecule is CC1(OCc2ccccc2)C=CC=C(O)C1C(=O)C=Cc1ccccc1. The number of ketones is 1. The van der Waals surface area contributed by atoms with E-state index < -0.39 is 11.5 Å². The van der Waals surface area contributed by atoms with Crippen LogP contribution in [0.2, 0.25) is 0 Å². The molecule has 0 aliphatic heterocycles. The first-order valence-corrected chi connectivity index (χ1v) is 8.62. The lowest BCUT2D eigenvalue weighted by atomic mass is 9.80. The van der Waals surface area contributed by atoms with Crippen molar-refractivity contribution in [3.05, 3.63) is 102 Å². The van der Waals surface area contributed by atoms with E-state index in [2.05, 4.69) is 0 Å². The standard InChI is InChI=1S/C23H22O3/c1-23(26-17-19-11-6-3-7-12-19)16-8-13-20(24)22(23)21(25)15-14-18-9-4-2-5-10-18/h2-16,22,24H,17H2,1H3. The van der Waals surface area contributed by atoms with E-state index in [0.717, 1.165) is 11.1 Å². The molecule has 2 unspecified atom stereocenters. The summed E-state index contributed by atoms with van der Waals surface area (Å²) in [6.45, 7) is 2.19. The normalized spacial score (nSPS) is 22.3. The van der Waals surface area contributed by atoms with Crippen LogP contribution in [-0.2, 0) is 16.1 Å². The summed E-state index contributed by atoms with van der Waals surface area (Å²) in [7, 11) is 0. The molecule has 0 bridgehead atoms. The predicted octanol–water partition coefficient (Wildman–Crippen LogP) is 4.87. The molecule has 1 aliphatic carbocycles. The summed E-state index contributed by atoms with van der Waals surface area (Å²) < 4.78 is 6.07. The molecule has 0 amide bonds. The van der Waals surface area contributed by atoms with E-state index in [4.69, 9.17) is 4.74 Å². The molecule has 3 rings (SSSR count). The zero-order valence-electron chi connectivity index (χ0n) is 14.7. The van der Waals surface area contributed by atoms with Crippen molar-refractivity contribution in [1.29, 1.82) is 0 Å². The van der Waals surface area contributed by atoms with Crippen LogP contribution in [0.3, 0.4) is 0 Å². The van der Waals surface area contributed by atoms with Gasteiger partial charge >= 0.3 is 0 Å². The van der Waals surface area contributed by atoms with Crippen LogP contribution >= 0.6 is 0 Å². The zero-order chi connectivity index (χ0) is 18.4. The second-order valence-corrected chi connectivity index (χ2v) is 6.49. The number of benzene rings is 2. The summed E-state index contributed by atoms with van der Waals surface area (Å²) in [6, 6.07) is 19.4. The number of aliphatic hydroxyl groups is 1. The maximum Gasteiger partial charge on any atom is 0.169 e. The number of aliphatic hydroxyl groups excluding tert-OH is 1. The lowest BCUT2D eigenvalue weighted by Crippen LogP contribution is -2.42. The van der Waals surface area contributed by atoms with Gasteiger partial charge in [-0.1, -0.05) is 78.9 Å². The lowest BCUT2D eigenvalue weighted by molar-refractivity contribution is -0.128. The molecular weight excluding hydrogens is 324 g/mol. The Morgan fingerprint density at radius 3 is 2.46 bits per heavy atom. The van der Waals surface area contributed by atoms with E-state index in [1.807, 2.05) is 73.7 Å². The molecule has 2 aromatic carbocycles. The maximum atomic E-state index is 12.8. The Labute approximate surface area is 153 Å². The molecule has 0 spiro atoms. The Hall–Kier alpha value is -2.91. The highest BCUT2D eigenvalue weighted by Crippen LogP contribution is 2.34. The largest absolute Gasteiger partial charge is 0.511 e. The lowest BCUT2D eigenvalue weighted by Gasteiger charge is -2.35. The summed E-state index contributed by atoms with van der Waals surface area (Å²) >= 11 is 0. The molecule has 0 fully saturated rings. The van der Waals surface area contributed by atoms with E-state index in [1.54, 1.807) is 18.2 Å². The number of ether oxygens (including phenoxy) is 1. The van der Waals surface area contributed by atoms with E-state index in [9.17, 15) is 9.90 Å². The first-order valence-electron chi connectivity index (χ1n) is 8.62. The van der Waals surface area contributed by atoms with Gasteiger partial charge in [-0.05, 0) is 30.2 Å². The van der Waals surface area contributed by atoms with Crippen molar-refractivity contribution in [2.75, 3.05) is 0 Å². The van der Waals surface area contributed by atoms with Gasteiger partial charge in [0.15, 0.2) is 5.78 Å². The van der Waals surface area contributed by atoms with Gasteiger partial charge in [-0.3, -0.25) is 4.79 Å². The van der Waals surface area contributed by atoms with Gasteiger partial charge in [0.2, 0.25) is 0 Å². The minimum Gasteiger partial charge on any atom is -0.511 e. The van der Waals surface area contributed by atoms with Crippen LogP contribution < -0.4 is 0 Å². The highest BCUT2D eigenvalue weighted by molar-refractivity contribution is 5.98. The van der Waals surface area contributed by atoms with Crippen LogP contribution in [0.15, 0.2) is 90.7 Å².